The number of aryl methyl sites for hydroxylation is 1. The van der Waals surface area contributed by atoms with Gasteiger partial charge in [0.2, 0.25) is 5.88 Å². The van der Waals surface area contributed by atoms with E-state index in [4.69, 9.17) is 0 Å². The monoisotopic (exact) mass is 341 g/mol. The molecule has 0 spiro atoms. The quantitative estimate of drug-likeness (QED) is 0.835. The summed E-state index contributed by atoms with van der Waals surface area (Å²) in [5, 5.41) is 11.9. The fourth-order valence-electron chi connectivity index (χ4n) is 2.83. The molecule has 0 N–H and O–H groups in total. The van der Waals surface area contributed by atoms with Gasteiger partial charge in [-0.25, -0.2) is 0 Å². The topological polar surface area (TPSA) is 56.1 Å². The van der Waals surface area contributed by atoms with Crippen LogP contribution in [-0.4, -0.2) is 45.9 Å². The van der Waals surface area contributed by atoms with Crippen molar-refractivity contribution < 1.29 is 17.9 Å². The fourth-order valence-corrected chi connectivity index (χ4v) is 2.83. The molecule has 9 heteroatoms. The standard InChI is InChI=1S/C15H18F3N5O/c1-22-8-12(7-19-22)6-11-4-5-23(9-11)13-2-3-14(21-20-13)24-10-15(16,17)18/h2-3,7-8,11H,4-6,9-10H2,1H3. The van der Waals surface area contributed by atoms with Gasteiger partial charge in [0.15, 0.2) is 12.4 Å². The van der Waals surface area contributed by atoms with Crippen molar-refractivity contribution in [3.05, 3.63) is 30.1 Å². The molecule has 0 aliphatic carbocycles. The highest BCUT2D eigenvalue weighted by atomic mass is 19.4. The van der Waals surface area contributed by atoms with Crippen LogP contribution in [0, 0.1) is 5.92 Å². The Labute approximate surface area is 137 Å². The average molecular weight is 341 g/mol. The number of ether oxygens (including phenoxy) is 1. The van der Waals surface area contributed by atoms with E-state index in [0.29, 0.717) is 11.7 Å². The Morgan fingerprint density at radius 3 is 2.75 bits per heavy atom. The Hall–Kier alpha value is -2.32. The van der Waals surface area contributed by atoms with Gasteiger partial charge in [-0.05, 0) is 30.4 Å². The molecule has 1 unspecified atom stereocenters. The summed E-state index contributed by atoms with van der Waals surface area (Å²) in [5.74, 6) is 1.03. The lowest BCUT2D eigenvalue weighted by Crippen LogP contribution is -2.22. The van der Waals surface area contributed by atoms with E-state index in [1.54, 1.807) is 10.7 Å². The van der Waals surface area contributed by atoms with Crippen LogP contribution in [0.4, 0.5) is 19.0 Å². The van der Waals surface area contributed by atoms with Crippen molar-refractivity contribution in [3.63, 3.8) is 0 Å². The van der Waals surface area contributed by atoms with Crippen molar-refractivity contribution in [1.82, 2.24) is 20.0 Å². The second-order valence-electron chi connectivity index (χ2n) is 5.96. The maximum atomic E-state index is 12.1. The molecule has 130 valence electrons. The summed E-state index contributed by atoms with van der Waals surface area (Å²) in [6.45, 7) is 0.326. The lowest BCUT2D eigenvalue weighted by Gasteiger charge is -2.17. The van der Waals surface area contributed by atoms with Crippen LogP contribution in [0.25, 0.3) is 0 Å². The molecule has 6 nitrogen and oxygen atoms in total. The van der Waals surface area contributed by atoms with Crippen molar-refractivity contribution in [2.24, 2.45) is 13.0 Å². The van der Waals surface area contributed by atoms with Gasteiger partial charge in [-0.15, -0.1) is 10.2 Å². The van der Waals surface area contributed by atoms with Gasteiger partial charge in [0, 0.05) is 32.4 Å². The van der Waals surface area contributed by atoms with Crippen LogP contribution in [0.5, 0.6) is 5.88 Å². The highest BCUT2D eigenvalue weighted by Crippen LogP contribution is 2.25. The zero-order valence-corrected chi connectivity index (χ0v) is 13.2. The van der Waals surface area contributed by atoms with Gasteiger partial charge < -0.3 is 9.64 Å². The Balaban J connectivity index is 1.53. The zero-order valence-electron chi connectivity index (χ0n) is 13.2. The van der Waals surface area contributed by atoms with Crippen molar-refractivity contribution in [1.29, 1.82) is 0 Å². The summed E-state index contributed by atoms with van der Waals surface area (Å²) in [4.78, 5) is 2.08. The number of halogens is 3. The molecule has 0 bridgehead atoms. The normalized spacial score (nSPS) is 18.2. The third-order valence-electron chi connectivity index (χ3n) is 3.90. The summed E-state index contributed by atoms with van der Waals surface area (Å²) < 4.78 is 42.7. The van der Waals surface area contributed by atoms with Gasteiger partial charge in [-0.2, -0.15) is 18.3 Å². The second kappa shape index (κ2) is 6.66. The van der Waals surface area contributed by atoms with Gasteiger partial charge >= 0.3 is 6.18 Å². The lowest BCUT2D eigenvalue weighted by molar-refractivity contribution is -0.154. The number of nitrogens with zero attached hydrogens (tertiary/aromatic N) is 5. The molecule has 0 saturated carbocycles. The smallest absolute Gasteiger partial charge is 0.422 e. The van der Waals surface area contributed by atoms with E-state index in [1.807, 2.05) is 19.4 Å². The number of aromatic nitrogens is 4. The molecule has 2 aromatic heterocycles. The molecule has 0 aromatic carbocycles. The fraction of sp³-hybridized carbons (Fsp3) is 0.533. The van der Waals surface area contributed by atoms with Crippen LogP contribution in [0.2, 0.25) is 0 Å². The highest BCUT2D eigenvalue weighted by Gasteiger charge is 2.29. The van der Waals surface area contributed by atoms with Crippen LogP contribution in [0.3, 0.4) is 0 Å². The molecule has 0 radical (unpaired) electrons. The molecule has 1 aliphatic rings. The average Bonchev–Trinajstić information content (AvgIpc) is 3.15. The number of rotatable bonds is 5. The van der Waals surface area contributed by atoms with Gasteiger partial charge in [0.1, 0.15) is 0 Å². The summed E-state index contributed by atoms with van der Waals surface area (Å²) in [5.41, 5.74) is 1.20. The first-order valence-corrected chi connectivity index (χ1v) is 7.65. The second-order valence-corrected chi connectivity index (χ2v) is 5.96. The molecule has 3 rings (SSSR count). The van der Waals surface area contributed by atoms with Gasteiger partial charge in [-0.1, -0.05) is 0 Å². The predicted octanol–water partition coefficient (Wildman–Crippen LogP) is 2.22. The van der Waals surface area contributed by atoms with E-state index in [2.05, 4.69) is 24.9 Å². The zero-order chi connectivity index (χ0) is 17.2. The first-order chi connectivity index (χ1) is 11.4. The minimum absolute atomic E-state index is 0.123. The maximum absolute atomic E-state index is 12.1. The summed E-state index contributed by atoms with van der Waals surface area (Å²) >= 11 is 0. The predicted molar refractivity (Wildman–Crippen MR) is 80.8 cm³/mol. The summed E-state index contributed by atoms with van der Waals surface area (Å²) in [7, 11) is 1.89. The maximum Gasteiger partial charge on any atom is 0.422 e. The minimum Gasteiger partial charge on any atom is -0.467 e. The lowest BCUT2D eigenvalue weighted by atomic mass is 10.0. The highest BCUT2D eigenvalue weighted by molar-refractivity contribution is 5.39. The van der Waals surface area contributed by atoms with Crippen LogP contribution in [-0.2, 0) is 13.5 Å². The van der Waals surface area contributed by atoms with E-state index >= 15 is 0 Å². The minimum atomic E-state index is -4.38. The van der Waals surface area contributed by atoms with Crippen LogP contribution >= 0.6 is 0 Å². The Morgan fingerprint density at radius 1 is 1.29 bits per heavy atom. The molecule has 1 aliphatic heterocycles. The van der Waals surface area contributed by atoms with Crippen LogP contribution < -0.4 is 9.64 Å². The Kier molecular flexibility index (Phi) is 4.59. The Bertz CT molecular complexity index is 670. The largest absolute Gasteiger partial charge is 0.467 e. The number of alkyl halides is 3. The SMILES string of the molecule is Cn1cc(CC2CCN(c3ccc(OCC(F)(F)F)nn3)C2)cn1. The van der Waals surface area contributed by atoms with Crippen LogP contribution in [0.1, 0.15) is 12.0 Å². The Morgan fingerprint density at radius 2 is 2.12 bits per heavy atom. The first kappa shape index (κ1) is 16.5. The summed E-state index contributed by atoms with van der Waals surface area (Å²) in [6, 6.07) is 3.06. The van der Waals surface area contributed by atoms with Gasteiger partial charge in [-0.3, -0.25) is 4.68 Å². The van der Waals surface area contributed by atoms with Crippen molar-refractivity contribution in [3.8, 4) is 5.88 Å². The molecule has 0 amide bonds. The van der Waals surface area contributed by atoms with E-state index in [-0.39, 0.29) is 5.88 Å². The van der Waals surface area contributed by atoms with E-state index in [9.17, 15) is 13.2 Å². The molecule has 24 heavy (non-hydrogen) atoms. The van der Waals surface area contributed by atoms with Crippen molar-refractivity contribution in [2.75, 3.05) is 24.6 Å². The third kappa shape index (κ3) is 4.36. The van der Waals surface area contributed by atoms with E-state index in [1.165, 1.54) is 11.6 Å². The summed E-state index contributed by atoms with van der Waals surface area (Å²) in [6.07, 6.45) is 1.48. The van der Waals surface area contributed by atoms with Crippen LogP contribution in [0.15, 0.2) is 24.5 Å². The van der Waals surface area contributed by atoms with E-state index in [0.717, 1.165) is 25.9 Å². The first-order valence-electron chi connectivity index (χ1n) is 7.65. The number of hydrogen-bond acceptors (Lipinski definition) is 5. The molecule has 3 heterocycles. The number of hydrogen-bond donors (Lipinski definition) is 0. The molecule has 1 atom stereocenters. The van der Waals surface area contributed by atoms with Gasteiger partial charge in [0.25, 0.3) is 0 Å². The van der Waals surface area contributed by atoms with E-state index < -0.39 is 12.8 Å². The molecular formula is C15H18F3N5O. The molecular weight excluding hydrogens is 323 g/mol. The number of anilines is 1. The van der Waals surface area contributed by atoms with Crippen molar-refractivity contribution in [2.45, 2.75) is 19.0 Å². The van der Waals surface area contributed by atoms with Gasteiger partial charge in [0.05, 0.1) is 6.20 Å². The third-order valence-corrected chi connectivity index (χ3v) is 3.90. The molecule has 1 saturated heterocycles. The molecule has 2 aromatic rings. The van der Waals surface area contributed by atoms with Crippen molar-refractivity contribution >= 4 is 5.82 Å². The molecule has 1 fully saturated rings.